The summed E-state index contributed by atoms with van der Waals surface area (Å²) in [7, 11) is 1.84. The van der Waals surface area contributed by atoms with Crippen LogP contribution in [0.3, 0.4) is 0 Å². The lowest BCUT2D eigenvalue weighted by molar-refractivity contribution is -0.130. The van der Waals surface area contributed by atoms with Gasteiger partial charge in [-0.3, -0.25) is 4.79 Å². The zero-order valence-electron chi connectivity index (χ0n) is 11.5. The van der Waals surface area contributed by atoms with E-state index in [9.17, 15) is 4.79 Å². The topological polar surface area (TPSA) is 29.5 Å². The van der Waals surface area contributed by atoms with Gasteiger partial charge in [0.25, 0.3) is 0 Å². The van der Waals surface area contributed by atoms with E-state index < -0.39 is 0 Å². The van der Waals surface area contributed by atoms with E-state index in [1.807, 2.05) is 37.4 Å². The number of ether oxygens (including phenoxy) is 1. The van der Waals surface area contributed by atoms with Crippen LogP contribution in [0.4, 0.5) is 0 Å². The molecule has 0 radical (unpaired) electrons. The Balaban J connectivity index is 2.13. The first-order valence-electron chi connectivity index (χ1n) is 6.72. The van der Waals surface area contributed by atoms with Crippen LogP contribution < -0.4 is 4.74 Å². The van der Waals surface area contributed by atoms with Crippen molar-refractivity contribution in [3.63, 3.8) is 0 Å². The molecule has 0 saturated carbocycles. The van der Waals surface area contributed by atoms with Gasteiger partial charge < -0.3 is 9.64 Å². The van der Waals surface area contributed by atoms with Crippen molar-refractivity contribution in [2.24, 2.45) is 0 Å². The molecular formula is C15H22ClNO2. The highest BCUT2D eigenvalue weighted by atomic mass is 35.5. The van der Waals surface area contributed by atoms with Crippen LogP contribution in [0.2, 0.25) is 0 Å². The molecule has 0 bridgehead atoms. The number of alkyl halides is 1. The van der Waals surface area contributed by atoms with Crippen molar-refractivity contribution < 1.29 is 9.53 Å². The van der Waals surface area contributed by atoms with E-state index in [0.717, 1.165) is 31.6 Å². The van der Waals surface area contributed by atoms with E-state index in [1.165, 1.54) is 0 Å². The SMILES string of the molecule is CN(CCCCCCl)C(=O)CCOc1ccccc1. The molecule has 0 heterocycles. The Kier molecular flexibility index (Phi) is 8.07. The molecule has 1 rings (SSSR count). The third-order valence-corrected chi connectivity index (χ3v) is 3.15. The number of unbranched alkanes of at least 4 members (excludes halogenated alkanes) is 2. The van der Waals surface area contributed by atoms with Crippen molar-refractivity contribution in [1.29, 1.82) is 0 Å². The van der Waals surface area contributed by atoms with E-state index in [4.69, 9.17) is 16.3 Å². The van der Waals surface area contributed by atoms with Gasteiger partial charge in [0.1, 0.15) is 5.75 Å². The highest BCUT2D eigenvalue weighted by Crippen LogP contribution is 2.08. The molecule has 1 aromatic carbocycles. The number of amides is 1. The van der Waals surface area contributed by atoms with Gasteiger partial charge in [0.15, 0.2) is 0 Å². The molecule has 19 heavy (non-hydrogen) atoms. The molecule has 1 amide bonds. The zero-order valence-corrected chi connectivity index (χ0v) is 12.2. The van der Waals surface area contributed by atoms with Gasteiger partial charge in [-0.2, -0.15) is 0 Å². The maximum Gasteiger partial charge on any atom is 0.225 e. The van der Waals surface area contributed by atoms with Gasteiger partial charge >= 0.3 is 0 Å². The highest BCUT2D eigenvalue weighted by molar-refractivity contribution is 6.17. The predicted molar refractivity (Wildman–Crippen MR) is 78.8 cm³/mol. The summed E-state index contributed by atoms with van der Waals surface area (Å²) in [4.78, 5) is 13.6. The molecule has 0 atom stereocenters. The summed E-state index contributed by atoms with van der Waals surface area (Å²) in [5, 5.41) is 0. The summed E-state index contributed by atoms with van der Waals surface area (Å²) >= 11 is 5.61. The molecule has 0 N–H and O–H groups in total. The molecule has 0 unspecified atom stereocenters. The Bertz CT molecular complexity index is 356. The van der Waals surface area contributed by atoms with Crippen LogP contribution in [0, 0.1) is 0 Å². The molecule has 0 aliphatic heterocycles. The third-order valence-electron chi connectivity index (χ3n) is 2.88. The Labute approximate surface area is 120 Å². The molecular weight excluding hydrogens is 262 g/mol. The standard InChI is InChI=1S/C15H22ClNO2/c1-17(12-7-3-6-11-16)15(18)10-13-19-14-8-4-2-5-9-14/h2,4-5,8-9H,3,6-7,10-13H2,1H3. The smallest absolute Gasteiger partial charge is 0.225 e. The number of para-hydroxylation sites is 1. The molecule has 0 aliphatic rings. The van der Waals surface area contributed by atoms with Gasteiger partial charge in [-0.1, -0.05) is 24.6 Å². The predicted octanol–water partition coefficient (Wildman–Crippen LogP) is 3.32. The average Bonchev–Trinajstić information content (AvgIpc) is 2.44. The van der Waals surface area contributed by atoms with E-state index >= 15 is 0 Å². The molecule has 4 heteroatoms. The maximum atomic E-state index is 11.8. The number of carbonyl (C=O) groups is 1. The Morgan fingerprint density at radius 2 is 1.95 bits per heavy atom. The van der Waals surface area contributed by atoms with Crippen LogP contribution in [0.25, 0.3) is 0 Å². The fourth-order valence-electron chi connectivity index (χ4n) is 1.71. The number of nitrogens with zero attached hydrogens (tertiary/aromatic N) is 1. The van der Waals surface area contributed by atoms with Crippen LogP contribution in [0.15, 0.2) is 30.3 Å². The first-order valence-corrected chi connectivity index (χ1v) is 7.25. The Morgan fingerprint density at radius 1 is 1.21 bits per heavy atom. The molecule has 0 fully saturated rings. The van der Waals surface area contributed by atoms with Gasteiger partial charge in [-0.05, 0) is 25.0 Å². The molecule has 3 nitrogen and oxygen atoms in total. The molecule has 0 aliphatic carbocycles. The molecule has 0 aromatic heterocycles. The van der Waals surface area contributed by atoms with Gasteiger partial charge in [0.05, 0.1) is 13.0 Å². The summed E-state index contributed by atoms with van der Waals surface area (Å²) in [6, 6.07) is 9.55. The van der Waals surface area contributed by atoms with Crippen molar-refractivity contribution in [2.45, 2.75) is 25.7 Å². The van der Waals surface area contributed by atoms with Gasteiger partial charge in [-0.15, -0.1) is 11.6 Å². The number of carbonyl (C=O) groups excluding carboxylic acids is 1. The molecule has 106 valence electrons. The molecule has 0 saturated heterocycles. The monoisotopic (exact) mass is 283 g/mol. The fourth-order valence-corrected chi connectivity index (χ4v) is 1.90. The Morgan fingerprint density at radius 3 is 2.63 bits per heavy atom. The van der Waals surface area contributed by atoms with E-state index in [1.54, 1.807) is 4.90 Å². The first kappa shape index (κ1) is 15.8. The van der Waals surface area contributed by atoms with E-state index in [0.29, 0.717) is 18.9 Å². The van der Waals surface area contributed by atoms with Crippen LogP contribution in [-0.4, -0.2) is 36.9 Å². The van der Waals surface area contributed by atoms with Crippen LogP contribution >= 0.6 is 11.6 Å². The van der Waals surface area contributed by atoms with Crippen molar-refractivity contribution in [1.82, 2.24) is 4.90 Å². The van der Waals surface area contributed by atoms with Crippen LogP contribution in [-0.2, 0) is 4.79 Å². The quantitative estimate of drug-likeness (QED) is 0.514. The molecule has 0 spiro atoms. The number of hydrogen-bond donors (Lipinski definition) is 0. The number of benzene rings is 1. The average molecular weight is 284 g/mol. The second kappa shape index (κ2) is 9.68. The van der Waals surface area contributed by atoms with Crippen molar-refractivity contribution in [3.05, 3.63) is 30.3 Å². The second-order valence-corrected chi connectivity index (χ2v) is 4.85. The highest BCUT2D eigenvalue weighted by Gasteiger charge is 2.08. The summed E-state index contributed by atoms with van der Waals surface area (Å²) in [6.07, 6.45) is 3.51. The van der Waals surface area contributed by atoms with Crippen molar-refractivity contribution in [2.75, 3.05) is 26.1 Å². The lowest BCUT2D eigenvalue weighted by Gasteiger charge is -2.17. The largest absolute Gasteiger partial charge is 0.493 e. The van der Waals surface area contributed by atoms with Gasteiger partial charge in [0.2, 0.25) is 5.91 Å². The second-order valence-electron chi connectivity index (χ2n) is 4.48. The van der Waals surface area contributed by atoms with Crippen molar-refractivity contribution >= 4 is 17.5 Å². The first-order chi connectivity index (χ1) is 9.24. The lowest BCUT2D eigenvalue weighted by atomic mass is 10.2. The lowest BCUT2D eigenvalue weighted by Crippen LogP contribution is -2.28. The fraction of sp³-hybridized carbons (Fsp3) is 0.533. The minimum Gasteiger partial charge on any atom is -0.493 e. The Hall–Kier alpha value is -1.22. The summed E-state index contributed by atoms with van der Waals surface area (Å²) in [5.74, 6) is 1.63. The summed E-state index contributed by atoms with van der Waals surface area (Å²) in [6.45, 7) is 1.22. The van der Waals surface area contributed by atoms with E-state index in [-0.39, 0.29) is 5.91 Å². The van der Waals surface area contributed by atoms with E-state index in [2.05, 4.69) is 0 Å². The maximum absolute atomic E-state index is 11.8. The third kappa shape index (κ3) is 7.06. The summed E-state index contributed by atoms with van der Waals surface area (Å²) < 4.78 is 5.50. The van der Waals surface area contributed by atoms with Crippen LogP contribution in [0.5, 0.6) is 5.75 Å². The van der Waals surface area contributed by atoms with Gasteiger partial charge in [0, 0.05) is 19.5 Å². The number of rotatable bonds is 9. The minimum absolute atomic E-state index is 0.127. The minimum atomic E-state index is 0.127. The normalized spacial score (nSPS) is 10.2. The zero-order chi connectivity index (χ0) is 13.9. The number of hydrogen-bond acceptors (Lipinski definition) is 2. The van der Waals surface area contributed by atoms with Crippen molar-refractivity contribution in [3.8, 4) is 5.75 Å². The van der Waals surface area contributed by atoms with Gasteiger partial charge in [-0.25, -0.2) is 0 Å². The summed E-state index contributed by atoms with van der Waals surface area (Å²) in [5.41, 5.74) is 0. The van der Waals surface area contributed by atoms with Crippen LogP contribution in [0.1, 0.15) is 25.7 Å². The molecule has 1 aromatic rings. The number of halogens is 1.